The third-order valence-corrected chi connectivity index (χ3v) is 7.27. The first kappa shape index (κ1) is 19.6. The molecule has 1 aliphatic carbocycles. The zero-order valence-corrected chi connectivity index (χ0v) is 18.4. The van der Waals surface area contributed by atoms with E-state index in [0.29, 0.717) is 18.6 Å². The van der Waals surface area contributed by atoms with Crippen LogP contribution < -0.4 is 15.8 Å². The number of nitrogen functional groups attached to an aromatic ring is 1. The number of pyridine rings is 1. The van der Waals surface area contributed by atoms with E-state index in [2.05, 4.69) is 20.3 Å². The molecule has 1 saturated carbocycles. The van der Waals surface area contributed by atoms with Gasteiger partial charge in [-0.05, 0) is 26.7 Å². The minimum absolute atomic E-state index is 0.286. The van der Waals surface area contributed by atoms with E-state index in [-0.39, 0.29) is 5.95 Å². The van der Waals surface area contributed by atoms with Crippen molar-refractivity contribution in [1.82, 2.24) is 30.0 Å². The third-order valence-electron chi connectivity index (χ3n) is 6.14. The summed E-state index contributed by atoms with van der Waals surface area (Å²) in [4.78, 5) is 13.7. The maximum Gasteiger partial charge on any atom is 0.223 e. The van der Waals surface area contributed by atoms with Crippen LogP contribution in [0.25, 0.3) is 11.0 Å². The van der Waals surface area contributed by atoms with E-state index in [4.69, 9.17) is 15.6 Å². The standard InChI is InChI=1S/C21H27N7OS/c1-11-8-23-16(12(2)18(11)29-3)9-28-19-17-15(27-28)7-14(24-13-5-4-6-13)10-30-20(17)26-21(22)25-19/h8,13-14,24H,4-7,9-10H2,1-3H3,(H2,22,25,26). The first-order valence-electron chi connectivity index (χ1n) is 10.4. The Hall–Kier alpha value is -2.39. The number of nitrogens with two attached hydrogens (primary N) is 1. The van der Waals surface area contributed by atoms with Crippen molar-refractivity contribution >= 4 is 28.7 Å². The summed E-state index contributed by atoms with van der Waals surface area (Å²) in [5, 5.41) is 10.7. The first-order valence-corrected chi connectivity index (χ1v) is 11.4. The van der Waals surface area contributed by atoms with Gasteiger partial charge in [-0.3, -0.25) is 4.98 Å². The molecule has 0 radical (unpaired) electrons. The van der Waals surface area contributed by atoms with Crippen LogP contribution >= 0.6 is 11.8 Å². The molecule has 0 bridgehead atoms. The van der Waals surface area contributed by atoms with Crippen molar-refractivity contribution in [2.75, 3.05) is 18.6 Å². The topological polar surface area (TPSA) is 104 Å². The van der Waals surface area contributed by atoms with E-state index in [1.54, 1.807) is 18.9 Å². The van der Waals surface area contributed by atoms with Crippen molar-refractivity contribution < 1.29 is 4.74 Å². The predicted octanol–water partition coefficient (Wildman–Crippen LogP) is 2.64. The molecule has 4 heterocycles. The summed E-state index contributed by atoms with van der Waals surface area (Å²) in [5.41, 5.74) is 10.8. The van der Waals surface area contributed by atoms with Crippen LogP contribution in [0.15, 0.2) is 11.2 Å². The average molecular weight is 426 g/mol. The lowest BCUT2D eigenvalue weighted by atomic mass is 9.92. The number of methoxy groups -OCH3 is 1. The number of nitrogens with zero attached hydrogens (tertiary/aromatic N) is 5. The number of aromatic nitrogens is 5. The van der Waals surface area contributed by atoms with Crippen molar-refractivity contribution in [3.63, 3.8) is 0 Å². The highest BCUT2D eigenvalue weighted by molar-refractivity contribution is 7.99. The Morgan fingerprint density at radius 3 is 2.83 bits per heavy atom. The number of ether oxygens (including phenoxy) is 1. The molecule has 3 N–H and O–H groups in total. The van der Waals surface area contributed by atoms with Crippen LogP contribution in [0.3, 0.4) is 0 Å². The highest BCUT2D eigenvalue weighted by Gasteiger charge is 2.28. The minimum Gasteiger partial charge on any atom is -0.496 e. The molecule has 30 heavy (non-hydrogen) atoms. The molecular weight excluding hydrogens is 398 g/mol. The second-order valence-corrected chi connectivity index (χ2v) is 9.25. The predicted molar refractivity (Wildman–Crippen MR) is 118 cm³/mol. The number of aryl methyl sites for hydroxylation is 1. The van der Waals surface area contributed by atoms with Crippen LogP contribution in [0.1, 0.15) is 41.8 Å². The van der Waals surface area contributed by atoms with Gasteiger partial charge >= 0.3 is 0 Å². The monoisotopic (exact) mass is 425 g/mol. The van der Waals surface area contributed by atoms with Crippen LogP contribution in [-0.2, 0) is 13.0 Å². The molecule has 0 amide bonds. The van der Waals surface area contributed by atoms with Crippen LogP contribution in [0.2, 0.25) is 0 Å². The van der Waals surface area contributed by atoms with E-state index < -0.39 is 0 Å². The van der Waals surface area contributed by atoms with Crippen molar-refractivity contribution in [3.05, 3.63) is 28.7 Å². The van der Waals surface area contributed by atoms with E-state index in [9.17, 15) is 0 Å². The van der Waals surface area contributed by atoms with Gasteiger partial charge in [0.05, 0.1) is 30.4 Å². The number of rotatable bonds is 5. The largest absolute Gasteiger partial charge is 0.496 e. The van der Waals surface area contributed by atoms with E-state index in [1.807, 2.05) is 24.7 Å². The smallest absolute Gasteiger partial charge is 0.223 e. The summed E-state index contributed by atoms with van der Waals surface area (Å²) >= 11 is 1.75. The fourth-order valence-corrected chi connectivity index (χ4v) is 5.43. The molecule has 3 aromatic heterocycles. The quantitative estimate of drug-likeness (QED) is 0.601. The molecule has 3 aromatic rings. The van der Waals surface area contributed by atoms with Crippen LogP contribution in [0, 0.1) is 13.8 Å². The molecular formula is C21H27N7OS. The number of nitrogens with one attached hydrogen (secondary N) is 1. The molecule has 1 unspecified atom stereocenters. The van der Waals surface area contributed by atoms with Gasteiger partial charge in [-0.15, -0.1) is 11.8 Å². The first-order chi connectivity index (χ1) is 14.5. The number of thioether (sulfide) groups is 1. The van der Waals surface area contributed by atoms with Gasteiger partial charge < -0.3 is 15.8 Å². The summed E-state index contributed by atoms with van der Waals surface area (Å²) in [5.74, 6) is 2.12. The summed E-state index contributed by atoms with van der Waals surface area (Å²) in [7, 11) is 1.69. The molecule has 1 fully saturated rings. The SMILES string of the molecule is COc1c(C)cnc(Cn2nc3c4c(nc(N)nc42)SCC(NC2CCC2)C3)c1C. The van der Waals surface area contributed by atoms with Crippen LogP contribution in [0.4, 0.5) is 5.95 Å². The highest BCUT2D eigenvalue weighted by Crippen LogP contribution is 2.34. The normalized spacial score (nSPS) is 19.0. The summed E-state index contributed by atoms with van der Waals surface area (Å²) in [6.07, 6.45) is 6.58. The Balaban J connectivity index is 1.53. The molecule has 158 valence electrons. The van der Waals surface area contributed by atoms with Gasteiger partial charge in [0.15, 0.2) is 5.65 Å². The van der Waals surface area contributed by atoms with E-state index >= 15 is 0 Å². The third kappa shape index (κ3) is 3.39. The Labute approximate surface area is 180 Å². The minimum atomic E-state index is 0.286. The molecule has 8 nitrogen and oxygen atoms in total. The molecule has 1 aliphatic heterocycles. The molecule has 1 atom stereocenters. The fourth-order valence-electron chi connectivity index (χ4n) is 4.34. The van der Waals surface area contributed by atoms with Gasteiger partial charge in [-0.2, -0.15) is 10.1 Å². The Kier molecular flexibility index (Phi) is 5.02. The Morgan fingerprint density at radius 2 is 2.10 bits per heavy atom. The van der Waals surface area contributed by atoms with Crippen molar-refractivity contribution in [2.24, 2.45) is 0 Å². The van der Waals surface area contributed by atoms with Crippen LogP contribution in [-0.4, -0.2) is 49.7 Å². The maximum absolute atomic E-state index is 6.06. The fraction of sp³-hybridized carbons (Fsp3) is 0.524. The number of anilines is 1. The summed E-state index contributed by atoms with van der Waals surface area (Å²) in [6.45, 7) is 4.55. The van der Waals surface area contributed by atoms with E-state index in [0.717, 1.165) is 56.5 Å². The van der Waals surface area contributed by atoms with Gasteiger partial charge in [0.1, 0.15) is 10.8 Å². The van der Waals surface area contributed by atoms with E-state index in [1.165, 1.54) is 19.3 Å². The van der Waals surface area contributed by atoms with Crippen molar-refractivity contribution in [1.29, 1.82) is 0 Å². The molecule has 9 heteroatoms. The molecule has 0 saturated heterocycles. The molecule has 5 rings (SSSR count). The zero-order valence-electron chi connectivity index (χ0n) is 17.6. The van der Waals surface area contributed by atoms with Crippen molar-refractivity contribution in [2.45, 2.75) is 63.2 Å². The zero-order chi connectivity index (χ0) is 20.8. The highest BCUT2D eigenvalue weighted by atomic mass is 32.2. The molecule has 0 spiro atoms. The van der Waals surface area contributed by atoms with Gasteiger partial charge in [-0.1, -0.05) is 6.42 Å². The number of hydrogen-bond acceptors (Lipinski definition) is 8. The summed E-state index contributed by atoms with van der Waals surface area (Å²) < 4.78 is 7.49. The second kappa shape index (κ2) is 7.70. The van der Waals surface area contributed by atoms with Gasteiger partial charge in [-0.25, -0.2) is 9.67 Å². The van der Waals surface area contributed by atoms with Gasteiger partial charge in [0.2, 0.25) is 5.95 Å². The lowest BCUT2D eigenvalue weighted by Gasteiger charge is -2.30. The lowest BCUT2D eigenvalue weighted by molar-refractivity contribution is 0.311. The van der Waals surface area contributed by atoms with Crippen molar-refractivity contribution in [3.8, 4) is 5.75 Å². The Morgan fingerprint density at radius 1 is 1.27 bits per heavy atom. The maximum atomic E-state index is 6.06. The number of hydrogen-bond donors (Lipinski definition) is 2. The summed E-state index contributed by atoms with van der Waals surface area (Å²) in [6, 6.07) is 1.01. The lowest BCUT2D eigenvalue weighted by Crippen LogP contribution is -2.44. The molecule has 0 aromatic carbocycles. The van der Waals surface area contributed by atoms with Gasteiger partial charge in [0.25, 0.3) is 0 Å². The van der Waals surface area contributed by atoms with Crippen LogP contribution in [0.5, 0.6) is 5.75 Å². The molecule has 2 aliphatic rings. The average Bonchev–Trinajstić information content (AvgIpc) is 2.91. The Bertz CT molecular complexity index is 1110. The van der Waals surface area contributed by atoms with Gasteiger partial charge in [0, 0.05) is 41.6 Å². The second-order valence-electron chi connectivity index (χ2n) is 8.24.